The molecule has 7 nitrogen and oxygen atoms in total. The van der Waals surface area contributed by atoms with Gasteiger partial charge in [-0.15, -0.1) is 0 Å². The fourth-order valence-corrected chi connectivity index (χ4v) is 3.66. The van der Waals surface area contributed by atoms with Gasteiger partial charge >= 0.3 is 12.0 Å². The molecule has 3 atom stereocenters. The summed E-state index contributed by atoms with van der Waals surface area (Å²) in [6.45, 7) is 6.23. The van der Waals surface area contributed by atoms with Crippen LogP contribution < -0.4 is 5.32 Å². The number of ketones is 2. The van der Waals surface area contributed by atoms with Gasteiger partial charge in [0.25, 0.3) is 0 Å². The first-order valence-corrected chi connectivity index (χ1v) is 11.2. The van der Waals surface area contributed by atoms with Crippen molar-refractivity contribution >= 4 is 23.6 Å². The molecule has 0 spiro atoms. The molecule has 1 fully saturated rings. The van der Waals surface area contributed by atoms with Crippen LogP contribution in [0.25, 0.3) is 0 Å². The van der Waals surface area contributed by atoms with Gasteiger partial charge < -0.3 is 10.1 Å². The number of benzene rings is 1. The first-order chi connectivity index (χ1) is 15.5. The summed E-state index contributed by atoms with van der Waals surface area (Å²) < 4.78 is 34.5. The second-order valence-corrected chi connectivity index (χ2v) is 8.73. The van der Waals surface area contributed by atoms with Crippen molar-refractivity contribution in [3.8, 4) is 0 Å². The molecule has 182 valence electrons. The predicted molar refractivity (Wildman–Crippen MR) is 118 cm³/mol. The van der Waals surface area contributed by atoms with E-state index in [1.165, 1.54) is 25.7 Å². The zero-order valence-electron chi connectivity index (χ0n) is 19.5. The number of alkyl halides is 2. The van der Waals surface area contributed by atoms with E-state index in [0.717, 1.165) is 5.56 Å². The zero-order valence-corrected chi connectivity index (χ0v) is 19.5. The largest absolute Gasteiger partial charge is 0.445 e. The Kier molecular flexibility index (Phi) is 9.07. The van der Waals surface area contributed by atoms with Crippen LogP contribution in [0.3, 0.4) is 0 Å². The lowest BCUT2D eigenvalue weighted by atomic mass is 9.89. The molecule has 0 radical (unpaired) electrons. The highest BCUT2D eigenvalue weighted by molar-refractivity contribution is 6.12. The van der Waals surface area contributed by atoms with E-state index < -0.39 is 53.4 Å². The molecule has 1 aromatic rings. The summed E-state index contributed by atoms with van der Waals surface area (Å²) in [6.07, 6.45) is 0.318. The van der Waals surface area contributed by atoms with Gasteiger partial charge in [0.15, 0.2) is 0 Å². The van der Waals surface area contributed by atoms with E-state index >= 15 is 0 Å². The van der Waals surface area contributed by atoms with Gasteiger partial charge in [0, 0.05) is 12.5 Å². The van der Waals surface area contributed by atoms with Crippen molar-refractivity contribution in [1.29, 1.82) is 0 Å². The topological polar surface area (TPSA) is 92.8 Å². The van der Waals surface area contributed by atoms with Gasteiger partial charge in [-0.05, 0) is 30.7 Å². The number of nitrogens with zero attached hydrogens (tertiary/aromatic N) is 1. The number of hydrogen-bond acceptors (Lipinski definition) is 5. The van der Waals surface area contributed by atoms with E-state index in [1.807, 2.05) is 6.07 Å². The fourth-order valence-electron chi connectivity index (χ4n) is 3.66. The molecule has 3 unspecified atom stereocenters. The minimum atomic E-state index is -4.21. The van der Waals surface area contributed by atoms with Crippen LogP contribution in [0.4, 0.5) is 13.6 Å². The SMILES string of the molecule is CCC(C)C(=O)C(F)(F)C(=O)C(NC(=O)C1CCCN1C(=O)OCc1ccccc1)C(C)C. The first kappa shape index (κ1) is 26.4. The Bertz CT molecular complexity index is 860. The van der Waals surface area contributed by atoms with Crippen LogP contribution in [0.15, 0.2) is 30.3 Å². The number of carbonyl (C=O) groups is 4. The average molecular weight is 467 g/mol. The highest BCUT2D eigenvalue weighted by Crippen LogP contribution is 2.26. The molecule has 0 bridgehead atoms. The van der Waals surface area contributed by atoms with Crippen molar-refractivity contribution in [3.05, 3.63) is 35.9 Å². The Morgan fingerprint density at radius 2 is 1.76 bits per heavy atom. The minimum Gasteiger partial charge on any atom is -0.445 e. The lowest BCUT2D eigenvalue weighted by Gasteiger charge is -2.29. The molecule has 0 saturated carbocycles. The Balaban J connectivity index is 2.08. The Morgan fingerprint density at radius 3 is 2.33 bits per heavy atom. The number of amides is 2. The van der Waals surface area contributed by atoms with E-state index in [4.69, 9.17) is 4.74 Å². The smallest absolute Gasteiger partial charge is 0.410 e. The van der Waals surface area contributed by atoms with Gasteiger partial charge in [0.2, 0.25) is 17.5 Å². The lowest BCUT2D eigenvalue weighted by Crippen LogP contribution is -2.57. The summed E-state index contributed by atoms with van der Waals surface area (Å²) in [5.74, 6) is -9.69. The predicted octanol–water partition coefficient (Wildman–Crippen LogP) is 3.75. The molecule has 33 heavy (non-hydrogen) atoms. The highest BCUT2D eigenvalue weighted by atomic mass is 19.3. The van der Waals surface area contributed by atoms with Crippen LogP contribution in [0.1, 0.15) is 52.5 Å². The Morgan fingerprint density at radius 1 is 1.12 bits per heavy atom. The van der Waals surface area contributed by atoms with E-state index in [0.29, 0.717) is 12.8 Å². The van der Waals surface area contributed by atoms with E-state index in [1.54, 1.807) is 31.2 Å². The summed E-state index contributed by atoms with van der Waals surface area (Å²) in [4.78, 5) is 51.4. The summed E-state index contributed by atoms with van der Waals surface area (Å²) in [6, 6.07) is 6.52. The van der Waals surface area contributed by atoms with E-state index in [-0.39, 0.29) is 19.6 Å². The highest BCUT2D eigenvalue weighted by Gasteiger charge is 2.52. The third-order valence-electron chi connectivity index (χ3n) is 5.92. The summed E-state index contributed by atoms with van der Waals surface area (Å²) >= 11 is 0. The maximum Gasteiger partial charge on any atom is 0.410 e. The van der Waals surface area contributed by atoms with Gasteiger partial charge in [-0.3, -0.25) is 19.3 Å². The van der Waals surface area contributed by atoms with Crippen LogP contribution in [0.2, 0.25) is 0 Å². The molecule has 9 heteroatoms. The Hall–Kier alpha value is -2.84. The van der Waals surface area contributed by atoms with Crippen LogP contribution in [-0.2, 0) is 25.7 Å². The second kappa shape index (κ2) is 11.3. The number of ether oxygens (including phenoxy) is 1. The van der Waals surface area contributed by atoms with Crippen molar-refractivity contribution in [2.45, 2.75) is 71.6 Å². The summed E-state index contributed by atoms with van der Waals surface area (Å²) in [7, 11) is 0. The van der Waals surface area contributed by atoms with E-state index in [2.05, 4.69) is 5.32 Å². The number of hydrogen-bond donors (Lipinski definition) is 1. The van der Waals surface area contributed by atoms with Crippen LogP contribution in [-0.4, -0.2) is 53.0 Å². The molecule has 0 aromatic heterocycles. The molecule has 2 amide bonds. The molecule has 0 aliphatic carbocycles. The van der Waals surface area contributed by atoms with Crippen LogP contribution in [0, 0.1) is 11.8 Å². The Labute approximate surface area is 192 Å². The molecule has 1 heterocycles. The number of nitrogens with one attached hydrogen (secondary N) is 1. The van der Waals surface area contributed by atoms with Crippen LogP contribution in [0.5, 0.6) is 0 Å². The molecule has 2 rings (SSSR count). The van der Waals surface area contributed by atoms with Gasteiger partial charge in [0.05, 0.1) is 6.04 Å². The maximum atomic E-state index is 14.6. The van der Waals surface area contributed by atoms with Crippen molar-refractivity contribution in [1.82, 2.24) is 10.2 Å². The van der Waals surface area contributed by atoms with Gasteiger partial charge in [-0.2, -0.15) is 8.78 Å². The molecular formula is C24H32F2N2O5. The first-order valence-electron chi connectivity index (χ1n) is 11.2. The standard InChI is InChI=1S/C24H32F2N2O5/c1-5-16(4)20(29)24(25,26)21(30)19(15(2)3)27-22(31)18-12-9-13-28(18)23(32)33-14-17-10-7-6-8-11-17/h6-8,10-11,15-16,18-19H,5,9,12-14H2,1-4H3,(H,27,31). The van der Waals surface area contributed by atoms with Crippen LogP contribution >= 0.6 is 0 Å². The van der Waals surface area contributed by atoms with Gasteiger partial charge in [0.1, 0.15) is 12.6 Å². The summed E-state index contributed by atoms with van der Waals surface area (Å²) in [5, 5.41) is 2.36. The fraction of sp³-hybridized carbons (Fsp3) is 0.583. The maximum absolute atomic E-state index is 14.6. The minimum absolute atomic E-state index is 0.0293. The third-order valence-corrected chi connectivity index (χ3v) is 5.92. The third kappa shape index (κ3) is 6.36. The summed E-state index contributed by atoms with van der Waals surface area (Å²) in [5.41, 5.74) is 0.782. The molecule has 1 aliphatic heterocycles. The normalized spacial score (nSPS) is 18.0. The number of halogens is 2. The van der Waals surface area contributed by atoms with Crippen molar-refractivity contribution < 1.29 is 32.7 Å². The van der Waals surface area contributed by atoms with Gasteiger partial charge in [-0.1, -0.05) is 58.0 Å². The molecular weight excluding hydrogens is 434 g/mol. The lowest BCUT2D eigenvalue weighted by molar-refractivity contribution is -0.162. The van der Waals surface area contributed by atoms with Crippen molar-refractivity contribution in [2.75, 3.05) is 6.54 Å². The number of likely N-dealkylation sites (tertiary alicyclic amines) is 1. The quantitative estimate of drug-likeness (QED) is 0.530. The zero-order chi connectivity index (χ0) is 24.8. The number of Topliss-reactive ketones (excluding diaryl/α,β-unsaturated/α-hetero) is 2. The molecule has 1 N–H and O–H groups in total. The number of rotatable bonds is 10. The average Bonchev–Trinajstić information content (AvgIpc) is 3.30. The van der Waals surface area contributed by atoms with Crippen molar-refractivity contribution in [3.63, 3.8) is 0 Å². The van der Waals surface area contributed by atoms with Gasteiger partial charge in [-0.25, -0.2) is 4.79 Å². The monoisotopic (exact) mass is 466 g/mol. The molecule has 1 aromatic carbocycles. The second-order valence-electron chi connectivity index (χ2n) is 8.73. The molecule has 1 aliphatic rings. The molecule has 1 saturated heterocycles. The number of carbonyl (C=O) groups excluding carboxylic acids is 4. The van der Waals surface area contributed by atoms with Crippen molar-refractivity contribution in [2.24, 2.45) is 11.8 Å². The van der Waals surface area contributed by atoms with E-state index in [9.17, 15) is 28.0 Å².